The van der Waals surface area contributed by atoms with E-state index in [2.05, 4.69) is 33.9 Å². The quantitative estimate of drug-likeness (QED) is 0.684. The molecule has 1 saturated heterocycles. The Morgan fingerprint density at radius 3 is 2.58 bits per heavy atom. The van der Waals surface area contributed by atoms with Crippen molar-refractivity contribution in [2.45, 2.75) is 45.1 Å². The van der Waals surface area contributed by atoms with Crippen LogP contribution >= 0.6 is 0 Å². The van der Waals surface area contributed by atoms with Crippen molar-refractivity contribution in [2.24, 2.45) is 0 Å². The second-order valence-electron chi connectivity index (χ2n) is 7.21. The van der Waals surface area contributed by atoms with Gasteiger partial charge in [-0.25, -0.2) is 4.98 Å². The predicted octanol–water partition coefficient (Wildman–Crippen LogP) is 4.23. The number of nitrogens with zero attached hydrogens (tertiary/aromatic N) is 4. The third-order valence-electron chi connectivity index (χ3n) is 4.87. The Bertz CT molecular complexity index is 832. The van der Waals surface area contributed by atoms with Crippen LogP contribution in [0.25, 0.3) is 11.5 Å². The summed E-state index contributed by atoms with van der Waals surface area (Å²) in [5.74, 6) is 2.95. The lowest BCUT2D eigenvalue weighted by atomic mass is 9.96. The lowest BCUT2D eigenvalue weighted by molar-refractivity contribution is 0.186. The average molecular weight is 352 g/mol. The van der Waals surface area contributed by atoms with Gasteiger partial charge in [0, 0.05) is 23.9 Å². The minimum atomic E-state index is 0.304. The van der Waals surface area contributed by atoms with Crippen LogP contribution in [0.1, 0.15) is 55.9 Å². The Balaban J connectivity index is 1.33. The summed E-state index contributed by atoms with van der Waals surface area (Å²) in [6.45, 7) is 6.97. The molecule has 0 N–H and O–H groups in total. The van der Waals surface area contributed by atoms with Gasteiger partial charge in [-0.3, -0.25) is 4.90 Å². The van der Waals surface area contributed by atoms with Crippen molar-refractivity contribution in [3.05, 3.63) is 54.0 Å². The number of benzene rings is 1. The number of hydrogen-bond acceptors (Lipinski definition) is 6. The van der Waals surface area contributed by atoms with Gasteiger partial charge in [0.25, 0.3) is 0 Å². The second kappa shape index (κ2) is 7.41. The van der Waals surface area contributed by atoms with Crippen LogP contribution in [0.15, 0.2) is 45.5 Å². The van der Waals surface area contributed by atoms with Crippen molar-refractivity contribution < 1.29 is 8.94 Å². The summed E-state index contributed by atoms with van der Waals surface area (Å²) < 4.78 is 11.1. The molecule has 0 unspecified atom stereocenters. The van der Waals surface area contributed by atoms with Gasteiger partial charge in [-0.05, 0) is 38.1 Å². The van der Waals surface area contributed by atoms with Gasteiger partial charge in [-0.2, -0.15) is 4.98 Å². The normalized spacial score (nSPS) is 16.4. The minimum absolute atomic E-state index is 0.304. The molecule has 0 saturated carbocycles. The Hall–Kier alpha value is -2.47. The molecule has 0 bridgehead atoms. The average Bonchev–Trinajstić information content (AvgIpc) is 3.33. The highest BCUT2D eigenvalue weighted by Gasteiger charge is 2.26. The third kappa shape index (κ3) is 3.70. The van der Waals surface area contributed by atoms with Gasteiger partial charge in [0.15, 0.2) is 5.82 Å². The fourth-order valence-corrected chi connectivity index (χ4v) is 3.31. The molecule has 136 valence electrons. The van der Waals surface area contributed by atoms with Gasteiger partial charge in [0.05, 0.1) is 5.69 Å². The Kier molecular flexibility index (Phi) is 4.84. The first kappa shape index (κ1) is 17.0. The van der Waals surface area contributed by atoms with Crippen molar-refractivity contribution in [1.82, 2.24) is 20.0 Å². The lowest BCUT2D eigenvalue weighted by Gasteiger charge is -2.29. The summed E-state index contributed by atoms with van der Waals surface area (Å²) in [6.07, 6.45) is 3.83. The van der Waals surface area contributed by atoms with E-state index in [9.17, 15) is 0 Å². The van der Waals surface area contributed by atoms with Gasteiger partial charge in [0.2, 0.25) is 11.8 Å². The highest BCUT2D eigenvalue weighted by atomic mass is 16.5. The Morgan fingerprint density at radius 2 is 1.88 bits per heavy atom. The van der Waals surface area contributed by atoms with Gasteiger partial charge >= 0.3 is 0 Å². The molecule has 0 spiro atoms. The van der Waals surface area contributed by atoms with Gasteiger partial charge in [0.1, 0.15) is 6.26 Å². The molecule has 1 aliphatic heterocycles. The summed E-state index contributed by atoms with van der Waals surface area (Å²) in [7, 11) is 0. The maximum atomic E-state index is 5.64. The SMILES string of the molecule is CC(C)c1noc(C2CCN(Cc3coc(-c4ccccc4)n3)CC2)n1. The maximum absolute atomic E-state index is 5.64. The molecule has 0 amide bonds. The summed E-state index contributed by atoms with van der Waals surface area (Å²) in [6, 6.07) is 10.00. The molecule has 6 heteroatoms. The van der Waals surface area contributed by atoms with E-state index in [4.69, 9.17) is 8.94 Å². The predicted molar refractivity (Wildman–Crippen MR) is 97.6 cm³/mol. The van der Waals surface area contributed by atoms with Crippen LogP contribution < -0.4 is 0 Å². The first-order valence-corrected chi connectivity index (χ1v) is 9.24. The van der Waals surface area contributed by atoms with E-state index in [1.165, 1.54) is 0 Å². The molecule has 0 atom stereocenters. The van der Waals surface area contributed by atoms with E-state index in [1.54, 1.807) is 6.26 Å². The van der Waals surface area contributed by atoms with E-state index in [0.29, 0.717) is 17.7 Å². The Labute approximate surface area is 153 Å². The van der Waals surface area contributed by atoms with Crippen molar-refractivity contribution in [3.8, 4) is 11.5 Å². The van der Waals surface area contributed by atoms with Crippen LogP contribution in [0, 0.1) is 0 Å². The molecular weight excluding hydrogens is 328 g/mol. The van der Waals surface area contributed by atoms with Crippen molar-refractivity contribution in [1.29, 1.82) is 0 Å². The monoisotopic (exact) mass is 352 g/mol. The van der Waals surface area contributed by atoms with E-state index < -0.39 is 0 Å². The molecule has 26 heavy (non-hydrogen) atoms. The van der Waals surface area contributed by atoms with Crippen molar-refractivity contribution >= 4 is 0 Å². The minimum Gasteiger partial charge on any atom is -0.444 e. The van der Waals surface area contributed by atoms with Gasteiger partial charge in [-0.15, -0.1) is 0 Å². The maximum Gasteiger partial charge on any atom is 0.229 e. The van der Waals surface area contributed by atoms with Crippen LogP contribution in [0.3, 0.4) is 0 Å². The highest BCUT2D eigenvalue weighted by Crippen LogP contribution is 2.28. The first-order valence-electron chi connectivity index (χ1n) is 9.24. The standard InChI is InChI=1S/C20H24N4O2/c1-14(2)18-22-20(26-23-18)16-8-10-24(11-9-16)12-17-13-25-19(21-17)15-6-4-3-5-7-15/h3-7,13-14,16H,8-12H2,1-2H3. The number of oxazole rings is 1. The third-order valence-corrected chi connectivity index (χ3v) is 4.87. The van der Waals surface area contributed by atoms with Gasteiger partial charge < -0.3 is 8.94 Å². The Morgan fingerprint density at radius 1 is 1.12 bits per heavy atom. The summed E-state index contributed by atoms with van der Waals surface area (Å²) in [4.78, 5) is 11.6. The molecule has 2 aromatic heterocycles. The lowest BCUT2D eigenvalue weighted by Crippen LogP contribution is -2.32. The molecule has 0 aliphatic carbocycles. The van der Waals surface area contributed by atoms with Crippen molar-refractivity contribution in [2.75, 3.05) is 13.1 Å². The zero-order chi connectivity index (χ0) is 17.9. The zero-order valence-corrected chi connectivity index (χ0v) is 15.3. The first-order chi connectivity index (χ1) is 12.7. The summed E-state index contributed by atoms with van der Waals surface area (Å²) >= 11 is 0. The molecule has 1 aliphatic rings. The molecule has 3 aromatic rings. The molecule has 1 aromatic carbocycles. The molecule has 0 radical (unpaired) electrons. The number of piperidine rings is 1. The van der Waals surface area contributed by atoms with Crippen LogP contribution in [0.2, 0.25) is 0 Å². The topological polar surface area (TPSA) is 68.2 Å². The smallest absolute Gasteiger partial charge is 0.229 e. The molecular formula is C20H24N4O2. The van der Waals surface area contributed by atoms with Crippen LogP contribution in [0.5, 0.6) is 0 Å². The second-order valence-corrected chi connectivity index (χ2v) is 7.21. The molecule has 3 heterocycles. The molecule has 4 rings (SSSR count). The van der Waals surface area contributed by atoms with Crippen LogP contribution in [-0.4, -0.2) is 33.1 Å². The number of likely N-dealkylation sites (tertiary alicyclic amines) is 1. The fraction of sp³-hybridized carbons (Fsp3) is 0.450. The highest BCUT2D eigenvalue weighted by molar-refractivity contribution is 5.52. The van der Waals surface area contributed by atoms with E-state index in [-0.39, 0.29) is 0 Å². The molecule has 1 fully saturated rings. The van der Waals surface area contributed by atoms with Crippen LogP contribution in [-0.2, 0) is 6.54 Å². The number of hydrogen-bond donors (Lipinski definition) is 0. The zero-order valence-electron chi connectivity index (χ0n) is 15.3. The molecule has 6 nitrogen and oxygen atoms in total. The fourth-order valence-electron chi connectivity index (χ4n) is 3.31. The van der Waals surface area contributed by atoms with E-state index in [0.717, 1.165) is 55.4 Å². The van der Waals surface area contributed by atoms with Crippen molar-refractivity contribution in [3.63, 3.8) is 0 Å². The van der Waals surface area contributed by atoms with Crippen LogP contribution in [0.4, 0.5) is 0 Å². The largest absolute Gasteiger partial charge is 0.444 e. The van der Waals surface area contributed by atoms with E-state index >= 15 is 0 Å². The van der Waals surface area contributed by atoms with E-state index in [1.807, 2.05) is 30.3 Å². The number of rotatable bonds is 5. The summed E-state index contributed by atoms with van der Waals surface area (Å²) in [5.41, 5.74) is 1.98. The van der Waals surface area contributed by atoms with Gasteiger partial charge in [-0.1, -0.05) is 37.2 Å². The summed E-state index contributed by atoms with van der Waals surface area (Å²) in [5, 5.41) is 4.09. The number of aromatic nitrogens is 3.